The largest absolute Gasteiger partial charge is 0.487 e. The van der Waals surface area contributed by atoms with Crippen molar-refractivity contribution in [2.45, 2.75) is 33.2 Å². The average molecular weight is 394 g/mol. The predicted octanol–water partition coefficient (Wildman–Crippen LogP) is 3.36. The van der Waals surface area contributed by atoms with E-state index in [2.05, 4.69) is 10.4 Å². The molecule has 1 aromatic carbocycles. The first-order valence-electron chi connectivity index (χ1n) is 8.95. The minimum Gasteiger partial charge on any atom is -0.487 e. The van der Waals surface area contributed by atoms with Crippen molar-refractivity contribution < 1.29 is 14.3 Å². The quantitative estimate of drug-likeness (QED) is 0.626. The Kier molecular flexibility index (Phi) is 8.29. The molecule has 1 amide bonds. The monoisotopic (exact) mass is 393 g/mol. The number of para-hydroxylation sites is 1. The Bertz CT molecular complexity index is 823. The number of benzene rings is 1. The lowest BCUT2D eigenvalue weighted by Gasteiger charge is -2.14. The molecular weight excluding hydrogens is 370 g/mol. The van der Waals surface area contributed by atoms with Crippen molar-refractivity contribution in [1.29, 1.82) is 0 Å². The summed E-state index contributed by atoms with van der Waals surface area (Å²) < 4.78 is 12.2. The van der Waals surface area contributed by atoms with Gasteiger partial charge in [-0.05, 0) is 31.5 Å². The smallest absolute Gasteiger partial charge is 0.276 e. The molecule has 1 heterocycles. The van der Waals surface area contributed by atoms with Gasteiger partial charge in [0.2, 0.25) is 0 Å². The highest BCUT2D eigenvalue weighted by Crippen LogP contribution is 2.33. The van der Waals surface area contributed by atoms with E-state index in [9.17, 15) is 9.59 Å². The molecule has 0 saturated heterocycles. The molecule has 0 bridgehead atoms. The third-order valence-electron chi connectivity index (χ3n) is 3.72. The fourth-order valence-electron chi connectivity index (χ4n) is 2.33. The summed E-state index contributed by atoms with van der Waals surface area (Å²) in [5, 5.41) is 7.27. The zero-order chi connectivity index (χ0) is 19.6. The number of ether oxygens (including phenoxy) is 2. The molecule has 0 aliphatic heterocycles. The molecule has 1 N–H and O–H groups in total. The second-order valence-electron chi connectivity index (χ2n) is 5.75. The van der Waals surface area contributed by atoms with Gasteiger partial charge in [0.05, 0.1) is 17.3 Å². The van der Waals surface area contributed by atoms with Crippen molar-refractivity contribution in [2.24, 2.45) is 0 Å². The molecule has 2 rings (SSSR count). The molecule has 27 heavy (non-hydrogen) atoms. The topological polar surface area (TPSA) is 82.5 Å². The third-order valence-corrected chi connectivity index (χ3v) is 4.01. The summed E-state index contributed by atoms with van der Waals surface area (Å²) in [6.45, 7) is 5.70. The zero-order valence-corrected chi connectivity index (χ0v) is 16.3. The van der Waals surface area contributed by atoms with Crippen LogP contribution in [0.4, 0.5) is 5.69 Å². The third kappa shape index (κ3) is 6.08. The summed E-state index contributed by atoms with van der Waals surface area (Å²) in [7, 11) is 0. The van der Waals surface area contributed by atoms with Gasteiger partial charge in [-0.25, -0.2) is 4.68 Å². The Morgan fingerprint density at radius 1 is 1.22 bits per heavy atom. The summed E-state index contributed by atoms with van der Waals surface area (Å²) in [5.41, 5.74) is 0.339. The van der Waals surface area contributed by atoms with Crippen molar-refractivity contribution >= 4 is 23.2 Å². The second-order valence-corrected chi connectivity index (χ2v) is 6.16. The second kappa shape index (κ2) is 10.7. The van der Waals surface area contributed by atoms with E-state index in [0.29, 0.717) is 42.8 Å². The number of hydrogen-bond acceptors (Lipinski definition) is 5. The van der Waals surface area contributed by atoms with Crippen LogP contribution in [0.3, 0.4) is 0 Å². The van der Waals surface area contributed by atoms with E-state index in [1.807, 2.05) is 13.8 Å². The van der Waals surface area contributed by atoms with Gasteiger partial charge < -0.3 is 14.8 Å². The fraction of sp³-hybridized carbons (Fsp3) is 0.421. The molecule has 0 radical (unpaired) electrons. The Labute approximate surface area is 163 Å². The minimum absolute atomic E-state index is 0.144. The highest BCUT2D eigenvalue weighted by Gasteiger charge is 2.15. The van der Waals surface area contributed by atoms with Crippen molar-refractivity contribution in [3.05, 3.63) is 51.4 Å². The van der Waals surface area contributed by atoms with Gasteiger partial charge in [-0.3, -0.25) is 9.59 Å². The van der Waals surface area contributed by atoms with E-state index >= 15 is 0 Å². The maximum absolute atomic E-state index is 12.6. The van der Waals surface area contributed by atoms with Gasteiger partial charge in [-0.2, -0.15) is 5.10 Å². The van der Waals surface area contributed by atoms with Gasteiger partial charge in [0.25, 0.3) is 11.5 Å². The molecule has 0 aliphatic carbocycles. The van der Waals surface area contributed by atoms with E-state index in [-0.39, 0.29) is 11.3 Å². The SMILES string of the molecule is CCCCn1nc(C(=O)Nc2cccc(Cl)c2OCCOCC)ccc1=O. The molecule has 0 saturated carbocycles. The molecule has 8 heteroatoms. The summed E-state index contributed by atoms with van der Waals surface area (Å²) in [6.07, 6.45) is 1.74. The van der Waals surface area contributed by atoms with Crippen LogP contribution in [-0.4, -0.2) is 35.5 Å². The number of carbonyl (C=O) groups is 1. The molecule has 0 aliphatic rings. The molecule has 0 fully saturated rings. The Hall–Kier alpha value is -2.38. The van der Waals surface area contributed by atoms with Crippen LogP contribution >= 0.6 is 11.6 Å². The summed E-state index contributed by atoms with van der Waals surface area (Å²) in [6, 6.07) is 7.82. The number of hydrogen-bond donors (Lipinski definition) is 1. The van der Waals surface area contributed by atoms with Gasteiger partial charge in [-0.1, -0.05) is 31.0 Å². The number of aryl methyl sites for hydroxylation is 1. The lowest BCUT2D eigenvalue weighted by Crippen LogP contribution is -2.26. The Morgan fingerprint density at radius 3 is 2.78 bits per heavy atom. The number of unbranched alkanes of at least 4 members (excludes halogenated alkanes) is 1. The van der Waals surface area contributed by atoms with Gasteiger partial charge >= 0.3 is 0 Å². The van der Waals surface area contributed by atoms with Crippen LogP contribution in [0.1, 0.15) is 37.2 Å². The van der Waals surface area contributed by atoms with Gasteiger partial charge in [0.1, 0.15) is 12.3 Å². The summed E-state index contributed by atoms with van der Waals surface area (Å²) in [4.78, 5) is 24.4. The first kappa shape index (κ1) is 20.9. The molecule has 2 aromatic rings. The molecule has 0 spiro atoms. The molecule has 0 atom stereocenters. The first-order chi connectivity index (χ1) is 13.1. The van der Waals surface area contributed by atoms with E-state index in [1.54, 1.807) is 18.2 Å². The molecule has 1 aromatic heterocycles. The van der Waals surface area contributed by atoms with Crippen molar-refractivity contribution in [3.8, 4) is 5.75 Å². The van der Waals surface area contributed by atoms with Crippen molar-refractivity contribution in [1.82, 2.24) is 9.78 Å². The van der Waals surface area contributed by atoms with Crippen LogP contribution in [0.2, 0.25) is 5.02 Å². The number of nitrogens with one attached hydrogen (secondary N) is 1. The van der Waals surface area contributed by atoms with Crippen molar-refractivity contribution in [2.75, 3.05) is 25.1 Å². The van der Waals surface area contributed by atoms with Gasteiger partial charge in [0.15, 0.2) is 5.75 Å². The average Bonchev–Trinajstić information content (AvgIpc) is 2.66. The summed E-state index contributed by atoms with van der Waals surface area (Å²) >= 11 is 6.20. The fourth-order valence-corrected chi connectivity index (χ4v) is 2.55. The molecule has 0 unspecified atom stereocenters. The number of halogens is 1. The number of carbonyl (C=O) groups excluding carboxylic acids is 1. The maximum atomic E-state index is 12.6. The number of amides is 1. The number of rotatable bonds is 10. The number of aromatic nitrogens is 2. The summed E-state index contributed by atoms with van der Waals surface area (Å²) in [5.74, 6) is -0.0799. The Balaban J connectivity index is 2.15. The zero-order valence-electron chi connectivity index (χ0n) is 15.5. The lowest BCUT2D eigenvalue weighted by atomic mass is 10.2. The maximum Gasteiger partial charge on any atom is 0.276 e. The van der Waals surface area contributed by atoms with E-state index in [4.69, 9.17) is 21.1 Å². The van der Waals surface area contributed by atoms with Crippen LogP contribution < -0.4 is 15.6 Å². The van der Waals surface area contributed by atoms with E-state index in [0.717, 1.165) is 12.8 Å². The first-order valence-corrected chi connectivity index (χ1v) is 9.33. The van der Waals surface area contributed by atoms with Gasteiger partial charge in [0, 0.05) is 19.2 Å². The Morgan fingerprint density at radius 2 is 2.04 bits per heavy atom. The van der Waals surface area contributed by atoms with Crippen LogP contribution in [0.15, 0.2) is 35.1 Å². The van der Waals surface area contributed by atoms with Crippen LogP contribution in [-0.2, 0) is 11.3 Å². The standard InChI is InChI=1S/C19H24ClN3O4/c1-3-5-11-23-17(24)10-9-16(22-23)19(25)21-15-8-6-7-14(20)18(15)27-13-12-26-4-2/h6-10H,3-5,11-13H2,1-2H3,(H,21,25). The lowest BCUT2D eigenvalue weighted by molar-refractivity contribution is 0.101. The highest BCUT2D eigenvalue weighted by molar-refractivity contribution is 6.32. The highest BCUT2D eigenvalue weighted by atomic mass is 35.5. The predicted molar refractivity (Wildman–Crippen MR) is 105 cm³/mol. The minimum atomic E-state index is -0.447. The molecular formula is C19H24ClN3O4. The number of anilines is 1. The van der Waals surface area contributed by atoms with Gasteiger partial charge in [-0.15, -0.1) is 0 Å². The molecule has 146 valence electrons. The number of nitrogens with zero attached hydrogens (tertiary/aromatic N) is 2. The van der Waals surface area contributed by atoms with Crippen LogP contribution in [0.25, 0.3) is 0 Å². The van der Waals surface area contributed by atoms with Crippen LogP contribution in [0.5, 0.6) is 5.75 Å². The van der Waals surface area contributed by atoms with E-state index < -0.39 is 5.91 Å². The van der Waals surface area contributed by atoms with E-state index in [1.165, 1.54) is 16.8 Å². The molecule has 7 nitrogen and oxygen atoms in total. The van der Waals surface area contributed by atoms with Crippen LogP contribution in [0, 0.1) is 0 Å². The normalized spacial score (nSPS) is 10.6. The van der Waals surface area contributed by atoms with Crippen molar-refractivity contribution in [3.63, 3.8) is 0 Å².